The first kappa shape index (κ1) is 15.5. The van der Waals surface area contributed by atoms with Crippen molar-refractivity contribution in [3.8, 4) is 0 Å². The van der Waals surface area contributed by atoms with Crippen LogP contribution in [0.3, 0.4) is 0 Å². The lowest BCUT2D eigenvalue weighted by Gasteiger charge is -2.19. The molecule has 0 bridgehead atoms. The maximum atomic E-state index is 12.4. The molecule has 0 saturated carbocycles. The molecule has 2 aromatic carbocycles. The molecule has 0 fully saturated rings. The highest BCUT2D eigenvalue weighted by molar-refractivity contribution is 9.10. The minimum atomic E-state index is -0.0516. The number of hydrogen-bond acceptors (Lipinski definition) is 1. The Morgan fingerprint density at radius 1 is 1.15 bits per heavy atom. The highest BCUT2D eigenvalue weighted by Crippen LogP contribution is 2.24. The van der Waals surface area contributed by atoms with Gasteiger partial charge in [-0.15, -0.1) is 0 Å². The molecule has 0 aliphatic heterocycles. The summed E-state index contributed by atoms with van der Waals surface area (Å²) >= 11 is 12.8. The van der Waals surface area contributed by atoms with E-state index in [4.69, 9.17) is 11.6 Å². The van der Waals surface area contributed by atoms with E-state index in [1.54, 1.807) is 30.1 Å². The Morgan fingerprint density at radius 2 is 1.85 bits per heavy atom. The Labute approximate surface area is 140 Å². The van der Waals surface area contributed by atoms with Gasteiger partial charge in [0, 0.05) is 27.6 Å². The molecular weight excluding hydrogens is 405 g/mol. The third kappa shape index (κ3) is 3.62. The van der Waals surface area contributed by atoms with Crippen molar-refractivity contribution in [3.63, 3.8) is 0 Å². The fourth-order valence-electron chi connectivity index (χ4n) is 1.82. The number of hydrogen-bond donors (Lipinski definition) is 0. The molecule has 104 valence electrons. The molecule has 2 rings (SSSR count). The lowest BCUT2D eigenvalue weighted by Crippen LogP contribution is -2.26. The van der Waals surface area contributed by atoms with Gasteiger partial charge < -0.3 is 4.90 Å². The average Bonchev–Trinajstić information content (AvgIpc) is 2.40. The van der Waals surface area contributed by atoms with Crippen LogP contribution in [0.5, 0.6) is 0 Å². The zero-order valence-corrected chi connectivity index (χ0v) is 14.7. The van der Waals surface area contributed by atoms with E-state index < -0.39 is 0 Å². The van der Waals surface area contributed by atoms with Crippen molar-refractivity contribution >= 4 is 49.4 Å². The first-order chi connectivity index (χ1) is 9.49. The van der Waals surface area contributed by atoms with Crippen LogP contribution in [0.25, 0.3) is 0 Å². The molecule has 0 aliphatic rings. The third-order valence-electron chi connectivity index (χ3n) is 2.87. The van der Waals surface area contributed by atoms with E-state index in [0.29, 0.717) is 21.6 Å². The summed E-state index contributed by atoms with van der Waals surface area (Å²) in [6, 6.07) is 13.0. The van der Waals surface area contributed by atoms with Crippen LogP contribution in [0.1, 0.15) is 15.9 Å². The van der Waals surface area contributed by atoms with Crippen molar-refractivity contribution in [2.45, 2.75) is 6.54 Å². The second-order valence-corrected chi connectivity index (χ2v) is 6.52. The number of rotatable bonds is 3. The molecule has 0 N–H and O–H groups in total. The molecule has 1 amide bonds. The fraction of sp³-hybridized carbons (Fsp3) is 0.133. The monoisotopic (exact) mass is 415 g/mol. The first-order valence-electron chi connectivity index (χ1n) is 5.93. The van der Waals surface area contributed by atoms with Gasteiger partial charge in [-0.3, -0.25) is 4.79 Å². The van der Waals surface area contributed by atoms with Gasteiger partial charge in [0.05, 0.1) is 5.56 Å². The van der Waals surface area contributed by atoms with Crippen LogP contribution in [0.15, 0.2) is 51.4 Å². The van der Waals surface area contributed by atoms with Gasteiger partial charge in [0.25, 0.3) is 5.91 Å². The summed E-state index contributed by atoms with van der Waals surface area (Å²) in [5, 5.41) is 0.599. The molecule has 2 aromatic rings. The molecular formula is C15H12Br2ClNO. The Balaban J connectivity index is 2.19. The predicted molar refractivity (Wildman–Crippen MR) is 89.1 cm³/mol. The fourth-order valence-corrected chi connectivity index (χ4v) is 3.08. The number of amides is 1. The standard InChI is InChI=1S/C15H12Br2ClNO/c1-19(9-10-4-2-3-5-13(10)16)15(20)12-7-6-11(18)8-14(12)17/h2-8H,9H2,1H3. The maximum absolute atomic E-state index is 12.4. The number of benzene rings is 2. The van der Waals surface area contributed by atoms with Crippen molar-refractivity contribution in [1.29, 1.82) is 0 Å². The molecule has 0 heterocycles. The lowest BCUT2D eigenvalue weighted by molar-refractivity contribution is 0.0784. The second-order valence-electron chi connectivity index (χ2n) is 4.38. The van der Waals surface area contributed by atoms with E-state index in [1.165, 1.54) is 0 Å². The van der Waals surface area contributed by atoms with E-state index in [2.05, 4.69) is 31.9 Å². The SMILES string of the molecule is CN(Cc1ccccc1Br)C(=O)c1ccc(Cl)cc1Br. The largest absolute Gasteiger partial charge is 0.337 e. The smallest absolute Gasteiger partial charge is 0.255 e. The number of nitrogens with zero attached hydrogens (tertiary/aromatic N) is 1. The summed E-state index contributed by atoms with van der Waals surface area (Å²) in [4.78, 5) is 14.1. The van der Waals surface area contributed by atoms with E-state index in [1.807, 2.05) is 24.3 Å². The topological polar surface area (TPSA) is 20.3 Å². The van der Waals surface area contributed by atoms with Crippen LogP contribution in [0, 0.1) is 0 Å². The average molecular weight is 418 g/mol. The zero-order chi connectivity index (χ0) is 14.7. The molecule has 20 heavy (non-hydrogen) atoms. The van der Waals surface area contributed by atoms with Crippen LogP contribution in [0.4, 0.5) is 0 Å². The third-order valence-corrected chi connectivity index (χ3v) is 4.54. The van der Waals surface area contributed by atoms with Crippen LogP contribution >= 0.6 is 43.5 Å². The van der Waals surface area contributed by atoms with Gasteiger partial charge >= 0.3 is 0 Å². The van der Waals surface area contributed by atoms with E-state index in [-0.39, 0.29) is 5.91 Å². The Bertz CT molecular complexity index is 646. The number of carbonyl (C=O) groups excluding carboxylic acids is 1. The van der Waals surface area contributed by atoms with Gasteiger partial charge in [0.15, 0.2) is 0 Å². The summed E-state index contributed by atoms with van der Waals surface area (Å²) in [5.74, 6) is -0.0516. The highest BCUT2D eigenvalue weighted by Gasteiger charge is 2.16. The molecule has 0 spiro atoms. The van der Waals surface area contributed by atoms with Crippen LogP contribution < -0.4 is 0 Å². The minimum absolute atomic E-state index is 0.0516. The predicted octanol–water partition coefficient (Wildman–Crippen LogP) is 5.14. The molecule has 0 radical (unpaired) electrons. The number of carbonyl (C=O) groups is 1. The van der Waals surface area contributed by atoms with Crippen LogP contribution in [-0.2, 0) is 6.54 Å². The van der Waals surface area contributed by atoms with Crippen molar-refractivity contribution in [3.05, 3.63) is 67.6 Å². The van der Waals surface area contributed by atoms with Gasteiger partial charge in [0.2, 0.25) is 0 Å². The van der Waals surface area contributed by atoms with Gasteiger partial charge in [-0.2, -0.15) is 0 Å². The van der Waals surface area contributed by atoms with E-state index in [0.717, 1.165) is 10.0 Å². The lowest BCUT2D eigenvalue weighted by atomic mass is 10.1. The molecule has 0 aromatic heterocycles. The molecule has 0 aliphatic carbocycles. The molecule has 2 nitrogen and oxygen atoms in total. The maximum Gasteiger partial charge on any atom is 0.255 e. The first-order valence-corrected chi connectivity index (χ1v) is 7.89. The van der Waals surface area contributed by atoms with Crippen molar-refractivity contribution in [1.82, 2.24) is 4.90 Å². The van der Waals surface area contributed by atoms with E-state index >= 15 is 0 Å². The van der Waals surface area contributed by atoms with E-state index in [9.17, 15) is 4.79 Å². The summed E-state index contributed by atoms with van der Waals surface area (Å²) in [6.07, 6.45) is 0. The quantitative estimate of drug-likeness (QED) is 0.677. The van der Waals surface area contributed by atoms with Crippen LogP contribution in [-0.4, -0.2) is 17.9 Å². The van der Waals surface area contributed by atoms with Crippen molar-refractivity contribution in [2.24, 2.45) is 0 Å². The molecule has 5 heteroatoms. The van der Waals surface area contributed by atoms with Crippen molar-refractivity contribution in [2.75, 3.05) is 7.05 Å². The Hall–Kier alpha value is -0.840. The minimum Gasteiger partial charge on any atom is -0.337 e. The second kappa shape index (κ2) is 6.74. The van der Waals surface area contributed by atoms with Gasteiger partial charge in [-0.25, -0.2) is 0 Å². The van der Waals surface area contributed by atoms with Crippen molar-refractivity contribution < 1.29 is 4.79 Å². The summed E-state index contributed by atoms with van der Waals surface area (Å²) in [6.45, 7) is 0.537. The van der Waals surface area contributed by atoms with Crippen LogP contribution in [0.2, 0.25) is 5.02 Å². The number of halogens is 3. The Morgan fingerprint density at radius 3 is 2.50 bits per heavy atom. The molecule has 0 saturated heterocycles. The normalized spacial score (nSPS) is 10.4. The van der Waals surface area contributed by atoms with Gasteiger partial charge in [-0.1, -0.05) is 45.7 Å². The molecule has 0 unspecified atom stereocenters. The van der Waals surface area contributed by atoms with Gasteiger partial charge in [-0.05, 0) is 45.8 Å². The highest BCUT2D eigenvalue weighted by atomic mass is 79.9. The zero-order valence-electron chi connectivity index (χ0n) is 10.7. The van der Waals surface area contributed by atoms with Gasteiger partial charge in [0.1, 0.15) is 0 Å². The summed E-state index contributed by atoms with van der Waals surface area (Å²) in [7, 11) is 1.78. The molecule has 0 atom stereocenters. The Kier molecular flexibility index (Phi) is 5.24. The summed E-state index contributed by atoms with van der Waals surface area (Å²) < 4.78 is 1.70. The summed E-state index contributed by atoms with van der Waals surface area (Å²) in [5.41, 5.74) is 1.66.